The molecule has 0 radical (unpaired) electrons. The molecule has 0 aromatic heterocycles. The Bertz CT molecular complexity index is 1060. The van der Waals surface area contributed by atoms with Gasteiger partial charge in [0.05, 0.1) is 12.1 Å². The van der Waals surface area contributed by atoms with Gasteiger partial charge in [0.25, 0.3) is 0 Å². The fourth-order valence-electron chi connectivity index (χ4n) is 4.18. The van der Waals surface area contributed by atoms with Crippen molar-refractivity contribution in [2.45, 2.75) is 33.1 Å². The van der Waals surface area contributed by atoms with Crippen LogP contribution in [0.1, 0.15) is 52.4 Å². The van der Waals surface area contributed by atoms with Crippen molar-refractivity contribution in [3.05, 3.63) is 80.6 Å². The van der Waals surface area contributed by atoms with E-state index in [9.17, 15) is 19.1 Å². The van der Waals surface area contributed by atoms with Crippen LogP contribution in [0, 0.1) is 24.6 Å². The molecule has 0 spiro atoms. The van der Waals surface area contributed by atoms with E-state index in [0.717, 1.165) is 16.7 Å². The summed E-state index contributed by atoms with van der Waals surface area (Å²) in [6, 6.07) is 8.46. The van der Waals surface area contributed by atoms with Gasteiger partial charge in [-0.05, 0) is 53.1 Å². The van der Waals surface area contributed by atoms with Crippen molar-refractivity contribution in [3.8, 4) is 0 Å². The monoisotopic (exact) mass is 444 g/mol. The highest BCUT2D eigenvalue weighted by atomic mass is 35.5. The number of rotatable bonds is 6. The van der Waals surface area contributed by atoms with Crippen molar-refractivity contribution in [2.24, 2.45) is 11.8 Å². The molecule has 1 aliphatic rings. The summed E-state index contributed by atoms with van der Waals surface area (Å²) in [6.45, 7) is 5.80. The number of hydrogen-bond acceptors (Lipinski definition) is 4. The number of ketones is 1. The Morgan fingerprint density at radius 3 is 2.58 bits per heavy atom. The van der Waals surface area contributed by atoms with Crippen molar-refractivity contribution < 1.29 is 23.8 Å². The van der Waals surface area contributed by atoms with E-state index in [0.29, 0.717) is 11.1 Å². The van der Waals surface area contributed by atoms with Crippen LogP contribution in [0.3, 0.4) is 0 Å². The molecule has 0 saturated carbocycles. The molecule has 0 bridgehead atoms. The molecular weight excluding hydrogens is 419 g/mol. The number of Topliss-reactive ketones (excluding diaryl/α,β-unsaturated/α-hetero) is 1. The molecule has 0 saturated heterocycles. The normalized spacial score (nSPS) is 16.7. The largest absolute Gasteiger partial charge is 0.465 e. The zero-order valence-corrected chi connectivity index (χ0v) is 18.8. The Kier molecular flexibility index (Phi) is 6.97. The molecule has 2 aromatic rings. The number of fused-ring (bicyclic) bond motifs is 1. The first-order valence-electron chi connectivity index (χ1n) is 10.2. The van der Waals surface area contributed by atoms with Gasteiger partial charge in [-0.1, -0.05) is 49.7 Å². The molecule has 0 amide bonds. The minimum absolute atomic E-state index is 0.0390. The summed E-state index contributed by atoms with van der Waals surface area (Å²) in [5.41, 5.74) is 3.19. The van der Waals surface area contributed by atoms with Crippen molar-refractivity contribution in [2.75, 3.05) is 13.7 Å². The second-order valence-electron chi connectivity index (χ2n) is 8.27. The topological polar surface area (TPSA) is 63.6 Å². The number of aryl methyl sites for hydroxylation is 1. The second-order valence-corrected chi connectivity index (χ2v) is 8.68. The van der Waals surface area contributed by atoms with Gasteiger partial charge in [-0.3, -0.25) is 4.79 Å². The summed E-state index contributed by atoms with van der Waals surface area (Å²) in [4.78, 5) is 25.5. The van der Waals surface area contributed by atoms with Gasteiger partial charge in [0.15, 0.2) is 5.78 Å². The van der Waals surface area contributed by atoms with Gasteiger partial charge < -0.3 is 9.84 Å². The van der Waals surface area contributed by atoms with Crippen LogP contribution in [0.4, 0.5) is 4.39 Å². The number of aliphatic hydroxyl groups excluding tert-OH is 1. The van der Waals surface area contributed by atoms with E-state index in [1.54, 1.807) is 24.3 Å². The van der Waals surface area contributed by atoms with Crippen molar-refractivity contribution >= 4 is 23.4 Å². The number of benzene rings is 2. The van der Waals surface area contributed by atoms with Crippen LogP contribution in [0.25, 0.3) is 0 Å². The molecule has 2 atom stereocenters. The van der Waals surface area contributed by atoms with E-state index >= 15 is 0 Å². The average molecular weight is 445 g/mol. The van der Waals surface area contributed by atoms with E-state index in [-0.39, 0.29) is 41.4 Å². The van der Waals surface area contributed by atoms with E-state index in [1.807, 2.05) is 26.8 Å². The maximum Gasteiger partial charge on any atom is 0.341 e. The molecular formula is C25H26ClFO4. The summed E-state index contributed by atoms with van der Waals surface area (Å²) in [7, 11) is 1.23. The predicted octanol–water partition coefficient (Wildman–Crippen LogP) is 5.02. The Balaban J connectivity index is 2.14. The van der Waals surface area contributed by atoms with E-state index in [2.05, 4.69) is 0 Å². The van der Waals surface area contributed by atoms with Crippen molar-refractivity contribution in [1.29, 1.82) is 0 Å². The molecule has 0 aliphatic heterocycles. The summed E-state index contributed by atoms with van der Waals surface area (Å²) in [5.74, 6) is -1.99. The first-order chi connectivity index (χ1) is 14.7. The molecule has 4 nitrogen and oxygen atoms in total. The van der Waals surface area contributed by atoms with Crippen LogP contribution < -0.4 is 0 Å². The van der Waals surface area contributed by atoms with Gasteiger partial charge in [0, 0.05) is 24.5 Å². The maximum absolute atomic E-state index is 14.5. The van der Waals surface area contributed by atoms with Crippen LogP contribution in [0.2, 0.25) is 5.02 Å². The number of carbonyl (C=O) groups excluding carboxylic acids is 2. The van der Waals surface area contributed by atoms with Crippen LogP contribution in [-0.2, 0) is 16.0 Å². The van der Waals surface area contributed by atoms with Crippen LogP contribution >= 0.6 is 11.6 Å². The van der Waals surface area contributed by atoms with Gasteiger partial charge in [-0.2, -0.15) is 0 Å². The lowest BCUT2D eigenvalue weighted by Crippen LogP contribution is -2.29. The Hall–Kier alpha value is -2.50. The number of ether oxygens (including phenoxy) is 1. The number of allylic oxidation sites excluding steroid dienone is 1. The van der Waals surface area contributed by atoms with E-state index in [4.69, 9.17) is 16.3 Å². The fourth-order valence-corrected chi connectivity index (χ4v) is 4.38. The van der Waals surface area contributed by atoms with Gasteiger partial charge in [0.2, 0.25) is 0 Å². The van der Waals surface area contributed by atoms with Gasteiger partial charge in [-0.25, -0.2) is 9.18 Å². The standard InChI is InChI=1S/C25H26ClFO4/c1-13(2)21(12-28)18-11-20(25(30)31-4)24(29)19-10-16(14(3)8-17(18)19)9-15-6-5-7-22(26)23(15)27/h5-8,10-11,13,18,21,28H,9,12H2,1-4H3/t18?,21-/m1/s1. The lowest BCUT2D eigenvalue weighted by molar-refractivity contribution is -0.135. The number of aliphatic hydroxyl groups is 1. The number of halogens is 2. The van der Waals surface area contributed by atoms with Crippen LogP contribution in [0.15, 0.2) is 42.0 Å². The third kappa shape index (κ3) is 4.43. The highest BCUT2D eigenvalue weighted by molar-refractivity contribution is 6.30. The van der Waals surface area contributed by atoms with Crippen molar-refractivity contribution in [1.82, 2.24) is 0 Å². The molecule has 1 aliphatic carbocycles. The Morgan fingerprint density at radius 1 is 1.26 bits per heavy atom. The van der Waals surface area contributed by atoms with Gasteiger partial charge >= 0.3 is 5.97 Å². The molecule has 1 unspecified atom stereocenters. The molecule has 6 heteroatoms. The summed E-state index contributed by atoms with van der Waals surface area (Å²) < 4.78 is 19.3. The third-order valence-corrected chi connectivity index (χ3v) is 6.34. The number of esters is 1. The molecule has 0 heterocycles. The smallest absolute Gasteiger partial charge is 0.341 e. The van der Waals surface area contributed by atoms with Gasteiger partial charge in [-0.15, -0.1) is 0 Å². The molecule has 164 valence electrons. The van der Waals surface area contributed by atoms with E-state index < -0.39 is 17.6 Å². The summed E-state index contributed by atoms with van der Waals surface area (Å²) in [6.07, 6.45) is 1.88. The fraction of sp³-hybridized carbons (Fsp3) is 0.360. The third-order valence-electron chi connectivity index (χ3n) is 6.05. The zero-order chi connectivity index (χ0) is 22.9. The minimum Gasteiger partial charge on any atom is -0.465 e. The SMILES string of the molecule is COC(=O)C1=CC([C@H](CO)C(C)C)c2cc(C)c(Cc3cccc(Cl)c3F)cc2C1=O. The molecule has 31 heavy (non-hydrogen) atoms. The lowest BCUT2D eigenvalue weighted by atomic mass is 9.72. The number of carbonyl (C=O) groups is 2. The highest BCUT2D eigenvalue weighted by Gasteiger charge is 2.36. The van der Waals surface area contributed by atoms with Gasteiger partial charge in [0.1, 0.15) is 11.4 Å². The lowest BCUT2D eigenvalue weighted by Gasteiger charge is -2.32. The summed E-state index contributed by atoms with van der Waals surface area (Å²) >= 11 is 5.92. The minimum atomic E-state index is -0.705. The zero-order valence-electron chi connectivity index (χ0n) is 18.0. The molecule has 0 fully saturated rings. The van der Waals surface area contributed by atoms with Crippen LogP contribution in [0.5, 0.6) is 0 Å². The molecule has 1 N–H and O–H groups in total. The average Bonchev–Trinajstić information content (AvgIpc) is 2.73. The Labute approximate surface area is 186 Å². The first kappa shape index (κ1) is 23.2. The van der Waals surface area contributed by atoms with Crippen molar-refractivity contribution in [3.63, 3.8) is 0 Å². The first-order valence-corrected chi connectivity index (χ1v) is 10.6. The number of hydrogen-bond donors (Lipinski definition) is 1. The highest BCUT2D eigenvalue weighted by Crippen LogP contribution is 2.40. The second kappa shape index (κ2) is 9.33. The maximum atomic E-state index is 14.5. The molecule has 3 rings (SSSR count). The predicted molar refractivity (Wildman–Crippen MR) is 118 cm³/mol. The van der Waals surface area contributed by atoms with E-state index in [1.165, 1.54) is 13.2 Å². The molecule has 2 aromatic carbocycles. The summed E-state index contributed by atoms with van der Waals surface area (Å²) in [5, 5.41) is 10.1. The van der Waals surface area contributed by atoms with Crippen LogP contribution in [-0.4, -0.2) is 30.6 Å². The quantitative estimate of drug-likeness (QED) is 0.501. The Morgan fingerprint density at radius 2 is 1.97 bits per heavy atom. The number of methoxy groups -OCH3 is 1.